The molecule has 1 aromatic rings. The number of rotatable bonds is 9. The molecule has 0 amide bonds. The van der Waals surface area contributed by atoms with Crippen LogP contribution in [0, 0.1) is 0 Å². The molecule has 0 bridgehead atoms. The van der Waals surface area contributed by atoms with Gasteiger partial charge in [0.1, 0.15) is 0 Å². The monoisotopic (exact) mass is 328 g/mol. The molecular weight excluding hydrogens is 304 g/mol. The molecule has 1 saturated carbocycles. The third kappa shape index (κ3) is 5.29. The summed E-state index contributed by atoms with van der Waals surface area (Å²) in [5, 5.41) is 3.25. The van der Waals surface area contributed by atoms with Gasteiger partial charge in [0.15, 0.2) is 0 Å². The summed E-state index contributed by atoms with van der Waals surface area (Å²) in [4.78, 5) is 0. The molecule has 0 radical (unpaired) electrons. The smallest absolute Gasteiger partial charge is 0.215 e. The van der Waals surface area contributed by atoms with Gasteiger partial charge in [-0.1, -0.05) is 31.2 Å². The van der Waals surface area contributed by atoms with Crippen molar-refractivity contribution < 1.29 is 8.42 Å². The van der Waals surface area contributed by atoms with Gasteiger partial charge in [0.25, 0.3) is 0 Å². The second-order valence-electron chi connectivity index (χ2n) is 5.57. The predicted octanol–water partition coefficient (Wildman–Crippen LogP) is 2.11. The van der Waals surface area contributed by atoms with Crippen LogP contribution < -0.4 is 10.0 Å². The molecule has 4 nitrogen and oxygen atoms in total. The van der Waals surface area contributed by atoms with Crippen molar-refractivity contribution in [1.29, 1.82) is 0 Å². The minimum atomic E-state index is -3.26. The van der Waals surface area contributed by atoms with Crippen LogP contribution in [-0.2, 0) is 22.3 Å². The highest BCUT2D eigenvalue weighted by atomic mass is 32.2. The molecule has 0 unspecified atom stereocenters. The second kappa shape index (κ2) is 7.13. The van der Waals surface area contributed by atoms with E-state index in [9.17, 15) is 8.42 Å². The van der Waals surface area contributed by atoms with Crippen molar-refractivity contribution in [2.45, 2.75) is 36.8 Å². The Morgan fingerprint density at radius 3 is 2.62 bits per heavy atom. The molecule has 2 rings (SSSR count). The molecular formula is C15H24N2O2S2. The summed E-state index contributed by atoms with van der Waals surface area (Å²) in [6.07, 6.45) is 4.26. The van der Waals surface area contributed by atoms with Gasteiger partial charge < -0.3 is 5.32 Å². The number of thioether (sulfide) groups is 1. The molecule has 0 spiro atoms. The first-order valence-corrected chi connectivity index (χ1v) is 10.2. The Balaban J connectivity index is 1.93. The Labute approximate surface area is 132 Å². The molecule has 1 aliphatic rings. The molecule has 0 aliphatic heterocycles. The molecule has 118 valence electrons. The molecule has 1 aliphatic carbocycles. The molecule has 6 heteroatoms. The third-order valence-corrected chi connectivity index (χ3v) is 6.50. The van der Waals surface area contributed by atoms with Gasteiger partial charge in [-0.25, -0.2) is 13.1 Å². The summed E-state index contributed by atoms with van der Waals surface area (Å²) in [5.74, 6) is 0.0530. The van der Waals surface area contributed by atoms with Crippen LogP contribution in [0.1, 0.15) is 30.9 Å². The molecule has 1 aromatic carbocycles. The van der Waals surface area contributed by atoms with Gasteiger partial charge in [0.05, 0.1) is 5.75 Å². The van der Waals surface area contributed by atoms with E-state index < -0.39 is 10.0 Å². The fraction of sp³-hybridized carbons (Fsp3) is 0.600. The van der Waals surface area contributed by atoms with Crippen molar-refractivity contribution in [3.05, 3.63) is 35.4 Å². The van der Waals surface area contributed by atoms with E-state index in [0.29, 0.717) is 6.54 Å². The van der Waals surface area contributed by atoms with Crippen LogP contribution in [0.25, 0.3) is 0 Å². The van der Waals surface area contributed by atoms with Crippen LogP contribution in [0.15, 0.2) is 24.3 Å². The Hall–Kier alpha value is -0.560. The van der Waals surface area contributed by atoms with Gasteiger partial charge in [-0.05, 0) is 36.8 Å². The summed E-state index contributed by atoms with van der Waals surface area (Å²) in [7, 11) is -3.26. The van der Waals surface area contributed by atoms with Crippen LogP contribution >= 0.6 is 11.8 Å². The van der Waals surface area contributed by atoms with Gasteiger partial charge in [0.2, 0.25) is 10.0 Å². The lowest BCUT2D eigenvalue weighted by atomic mass is 10.1. The zero-order valence-corrected chi connectivity index (χ0v) is 14.3. The quantitative estimate of drug-likeness (QED) is 0.729. The summed E-state index contributed by atoms with van der Waals surface area (Å²) in [6, 6.07) is 7.76. The SMILES string of the molecule is CCNCc1cccc(CS(=O)(=O)NCC2(SC)CC2)c1. The summed E-state index contributed by atoms with van der Waals surface area (Å²) < 4.78 is 27.3. The van der Waals surface area contributed by atoms with Gasteiger partial charge in [-0.2, -0.15) is 11.8 Å². The lowest BCUT2D eigenvalue weighted by Crippen LogP contribution is -2.32. The van der Waals surface area contributed by atoms with Crippen LogP contribution in [0.2, 0.25) is 0 Å². The minimum absolute atomic E-state index is 0.0530. The van der Waals surface area contributed by atoms with Crippen LogP contribution in [0.5, 0.6) is 0 Å². The lowest BCUT2D eigenvalue weighted by molar-refractivity contribution is 0.579. The predicted molar refractivity (Wildman–Crippen MR) is 89.9 cm³/mol. The van der Waals surface area contributed by atoms with E-state index in [1.54, 1.807) is 11.8 Å². The first kappa shape index (κ1) is 16.8. The van der Waals surface area contributed by atoms with E-state index in [1.165, 1.54) is 0 Å². The van der Waals surface area contributed by atoms with E-state index in [4.69, 9.17) is 0 Å². The molecule has 0 aromatic heterocycles. The fourth-order valence-corrected chi connectivity index (χ4v) is 4.24. The van der Waals surface area contributed by atoms with Crippen LogP contribution in [-0.4, -0.2) is 32.5 Å². The standard InChI is InChI=1S/C15H24N2O2S2/c1-3-16-10-13-5-4-6-14(9-13)11-21(18,19)17-12-15(20-2)7-8-15/h4-6,9,16-17H,3,7-8,10-12H2,1-2H3. The highest BCUT2D eigenvalue weighted by molar-refractivity contribution is 8.00. The Morgan fingerprint density at radius 1 is 1.29 bits per heavy atom. The first-order valence-electron chi connectivity index (χ1n) is 7.30. The minimum Gasteiger partial charge on any atom is -0.313 e. The van der Waals surface area contributed by atoms with E-state index in [-0.39, 0.29) is 10.5 Å². The average Bonchev–Trinajstić information content (AvgIpc) is 3.24. The van der Waals surface area contributed by atoms with Crippen molar-refractivity contribution in [3.8, 4) is 0 Å². The number of nitrogens with one attached hydrogen (secondary N) is 2. The molecule has 1 fully saturated rings. The topological polar surface area (TPSA) is 58.2 Å². The van der Waals surface area contributed by atoms with Crippen molar-refractivity contribution >= 4 is 21.8 Å². The number of sulfonamides is 1. The second-order valence-corrected chi connectivity index (χ2v) is 8.65. The first-order chi connectivity index (χ1) is 9.99. The highest BCUT2D eigenvalue weighted by Crippen LogP contribution is 2.46. The summed E-state index contributed by atoms with van der Waals surface area (Å²) >= 11 is 1.76. The number of hydrogen-bond acceptors (Lipinski definition) is 4. The Bertz CT molecular complexity index is 569. The maximum absolute atomic E-state index is 12.2. The van der Waals surface area contributed by atoms with Crippen molar-refractivity contribution in [1.82, 2.24) is 10.0 Å². The molecule has 0 saturated heterocycles. The van der Waals surface area contributed by atoms with E-state index in [2.05, 4.69) is 17.0 Å². The van der Waals surface area contributed by atoms with Gasteiger partial charge in [0, 0.05) is 17.8 Å². The zero-order chi connectivity index (χ0) is 15.3. The van der Waals surface area contributed by atoms with Crippen molar-refractivity contribution in [3.63, 3.8) is 0 Å². The molecule has 0 atom stereocenters. The largest absolute Gasteiger partial charge is 0.313 e. The summed E-state index contributed by atoms with van der Waals surface area (Å²) in [5.41, 5.74) is 1.96. The number of hydrogen-bond donors (Lipinski definition) is 2. The molecule has 0 heterocycles. The van der Waals surface area contributed by atoms with E-state index in [1.807, 2.05) is 30.5 Å². The normalized spacial score (nSPS) is 16.9. The van der Waals surface area contributed by atoms with Crippen LogP contribution in [0.4, 0.5) is 0 Å². The third-order valence-electron chi connectivity index (χ3n) is 3.78. The van der Waals surface area contributed by atoms with Gasteiger partial charge >= 0.3 is 0 Å². The van der Waals surface area contributed by atoms with E-state index >= 15 is 0 Å². The van der Waals surface area contributed by atoms with Crippen molar-refractivity contribution in [2.24, 2.45) is 0 Å². The molecule has 2 N–H and O–H groups in total. The maximum Gasteiger partial charge on any atom is 0.215 e. The van der Waals surface area contributed by atoms with Crippen LogP contribution in [0.3, 0.4) is 0 Å². The number of benzene rings is 1. The Morgan fingerprint density at radius 2 is 2.00 bits per heavy atom. The van der Waals surface area contributed by atoms with Gasteiger partial charge in [-0.3, -0.25) is 0 Å². The molecule has 21 heavy (non-hydrogen) atoms. The van der Waals surface area contributed by atoms with Crippen molar-refractivity contribution in [2.75, 3.05) is 19.3 Å². The zero-order valence-electron chi connectivity index (χ0n) is 12.7. The van der Waals surface area contributed by atoms with Gasteiger partial charge in [-0.15, -0.1) is 0 Å². The van der Waals surface area contributed by atoms with E-state index in [0.717, 1.165) is 37.1 Å². The average molecular weight is 329 g/mol. The Kier molecular flexibility index (Phi) is 5.71. The highest BCUT2D eigenvalue weighted by Gasteiger charge is 2.42. The lowest BCUT2D eigenvalue weighted by Gasteiger charge is -2.13. The maximum atomic E-state index is 12.2. The summed E-state index contributed by atoms with van der Waals surface area (Å²) in [6.45, 7) is 4.28. The fourth-order valence-electron chi connectivity index (χ4n) is 2.20.